The van der Waals surface area contributed by atoms with Crippen molar-refractivity contribution in [3.63, 3.8) is 0 Å². The summed E-state index contributed by atoms with van der Waals surface area (Å²) in [4.78, 5) is 0. The summed E-state index contributed by atoms with van der Waals surface area (Å²) in [5, 5.41) is 0.00782. The van der Waals surface area contributed by atoms with Gasteiger partial charge in [0.25, 0.3) is 5.97 Å². The Bertz CT molecular complexity index is 922. The quantitative estimate of drug-likeness (QED) is 0.386. The van der Waals surface area contributed by atoms with Gasteiger partial charge in [-0.05, 0) is 35.8 Å². The zero-order chi connectivity index (χ0) is 28.4. The number of hydrogen-bond donors (Lipinski definition) is 0. The molecule has 0 radical (unpaired) electrons. The van der Waals surface area contributed by atoms with Gasteiger partial charge in [-0.1, -0.05) is 32.9 Å². The minimum absolute atomic E-state index is 0.00782. The summed E-state index contributed by atoms with van der Waals surface area (Å²) in [6.07, 6.45) is -2.76. The van der Waals surface area contributed by atoms with Gasteiger partial charge < -0.3 is 47.1 Å². The Balaban J connectivity index is 1.54. The molecule has 3 fully saturated rings. The molecule has 0 unspecified atom stereocenters. The number of rotatable bonds is 10. The van der Waals surface area contributed by atoms with Gasteiger partial charge in [0.05, 0.1) is 39.5 Å². The highest BCUT2D eigenvalue weighted by Crippen LogP contribution is 2.46. The fourth-order valence-electron chi connectivity index (χ4n) is 5.02. The lowest BCUT2D eigenvalue weighted by atomic mass is 9.99. The van der Waals surface area contributed by atoms with Crippen LogP contribution in [0.15, 0.2) is 24.3 Å². The maximum atomic E-state index is 6.93. The van der Waals surface area contributed by atoms with Crippen LogP contribution in [0.5, 0.6) is 5.75 Å². The molecule has 222 valence electrons. The van der Waals surface area contributed by atoms with Crippen LogP contribution in [0.25, 0.3) is 0 Å². The average Bonchev–Trinajstić information content (AvgIpc) is 3.25. The molecule has 3 heterocycles. The summed E-state index contributed by atoms with van der Waals surface area (Å²) in [5.74, 6) is -0.528. The Hall–Kier alpha value is -1.12. The predicted molar refractivity (Wildman–Crippen MR) is 145 cm³/mol. The van der Waals surface area contributed by atoms with Crippen molar-refractivity contribution in [2.24, 2.45) is 0 Å². The Morgan fingerprint density at radius 2 is 1.64 bits per heavy atom. The van der Waals surface area contributed by atoms with Crippen molar-refractivity contribution >= 4 is 8.32 Å². The predicted octanol–water partition coefficient (Wildman–Crippen LogP) is 3.86. The van der Waals surface area contributed by atoms with Gasteiger partial charge in [0.15, 0.2) is 14.6 Å². The number of methoxy groups -OCH3 is 4. The van der Waals surface area contributed by atoms with E-state index >= 15 is 0 Å². The van der Waals surface area contributed by atoms with Crippen LogP contribution in [0.4, 0.5) is 0 Å². The molecule has 0 aromatic heterocycles. The van der Waals surface area contributed by atoms with E-state index in [9.17, 15) is 0 Å². The van der Waals surface area contributed by atoms with Crippen molar-refractivity contribution in [2.45, 2.75) is 101 Å². The largest absolute Gasteiger partial charge is 0.497 e. The highest BCUT2D eigenvalue weighted by molar-refractivity contribution is 6.74. The van der Waals surface area contributed by atoms with Crippen LogP contribution in [0, 0.1) is 0 Å². The fraction of sp³-hybridized carbons (Fsp3) is 0.786. The molecular weight excluding hydrogens is 524 g/mol. The number of fused-ring (bicyclic) bond motifs is 1. The maximum absolute atomic E-state index is 6.93. The summed E-state index contributed by atoms with van der Waals surface area (Å²) < 4.78 is 60.8. The second kappa shape index (κ2) is 12.4. The van der Waals surface area contributed by atoms with Crippen LogP contribution < -0.4 is 4.74 Å². The van der Waals surface area contributed by atoms with E-state index in [0.29, 0.717) is 19.6 Å². The molecule has 8 atom stereocenters. The third-order valence-corrected chi connectivity index (χ3v) is 12.8. The van der Waals surface area contributed by atoms with Crippen LogP contribution >= 0.6 is 0 Å². The Morgan fingerprint density at radius 1 is 0.949 bits per heavy atom. The summed E-state index contributed by atoms with van der Waals surface area (Å²) in [6.45, 7) is 12.1. The van der Waals surface area contributed by atoms with Gasteiger partial charge >= 0.3 is 0 Å². The second-order valence-electron chi connectivity index (χ2n) is 11.9. The third kappa shape index (κ3) is 6.69. The van der Waals surface area contributed by atoms with E-state index in [1.165, 1.54) is 0 Å². The van der Waals surface area contributed by atoms with E-state index in [2.05, 4.69) is 33.9 Å². The topological polar surface area (TPSA) is 92.3 Å². The van der Waals surface area contributed by atoms with Gasteiger partial charge in [-0.25, -0.2) is 0 Å². The summed E-state index contributed by atoms with van der Waals surface area (Å²) in [7, 11) is 4.31. The van der Waals surface area contributed by atoms with Gasteiger partial charge in [0, 0.05) is 21.3 Å². The molecule has 1 aromatic carbocycles. The Labute approximate surface area is 233 Å². The molecule has 4 rings (SSSR count). The van der Waals surface area contributed by atoms with E-state index in [1.54, 1.807) is 28.4 Å². The van der Waals surface area contributed by atoms with Crippen molar-refractivity contribution in [2.75, 3.05) is 41.7 Å². The monoisotopic (exact) mass is 570 g/mol. The van der Waals surface area contributed by atoms with E-state index < -0.39 is 38.9 Å². The summed E-state index contributed by atoms with van der Waals surface area (Å²) >= 11 is 0. The zero-order valence-electron chi connectivity index (χ0n) is 24.8. The van der Waals surface area contributed by atoms with Crippen molar-refractivity contribution < 1.29 is 47.1 Å². The molecule has 10 nitrogen and oxygen atoms in total. The lowest BCUT2D eigenvalue weighted by molar-refractivity contribution is -0.384. The number of ether oxygens (including phenoxy) is 9. The minimum Gasteiger partial charge on any atom is -0.497 e. The van der Waals surface area contributed by atoms with Crippen molar-refractivity contribution in [1.82, 2.24) is 0 Å². The molecule has 0 amide bonds. The van der Waals surface area contributed by atoms with Gasteiger partial charge in [-0.2, -0.15) is 0 Å². The van der Waals surface area contributed by atoms with Gasteiger partial charge in [-0.3, -0.25) is 0 Å². The smallest absolute Gasteiger partial charge is 0.286 e. The first-order chi connectivity index (χ1) is 18.5. The highest BCUT2D eigenvalue weighted by Gasteiger charge is 2.62. The van der Waals surface area contributed by atoms with Crippen LogP contribution in [-0.2, 0) is 48.9 Å². The standard InChI is InChI=1S/C28H46O10Si/c1-27(2,3)39(8,9)38-20-14-28(34-17-21(20)33-15-18-10-12-19(30-5)13-11-18)36-24-23(31-6)22(16-29-4)35-26(32-7)25(24)37-28/h10-13,20-26H,14-17H2,1-9H3/t20-,21-,22-,23-,24+,25-,26+,28+/m1/s1. The molecule has 3 saturated heterocycles. The van der Waals surface area contributed by atoms with Gasteiger partial charge in [-0.15, -0.1) is 0 Å². The first kappa shape index (κ1) is 30.8. The van der Waals surface area contributed by atoms with E-state index in [4.69, 9.17) is 47.1 Å². The summed E-state index contributed by atoms with van der Waals surface area (Å²) in [5.41, 5.74) is 1.04. The molecule has 0 aliphatic carbocycles. The summed E-state index contributed by atoms with van der Waals surface area (Å²) in [6, 6.07) is 7.84. The third-order valence-electron chi connectivity index (χ3n) is 8.27. The van der Waals surface area contributed by atoms with Crippen LogP contribution in [-0.4, -0.2) is 98.9 Å². The van der Waals surface area contributed by atoms with E-state index in [0.717, 1.165) is 11.3 Å². The molecule has 3 aliphatic rings. The van der Waals surface area contributed by atoms with Gasteiger partial charge in [0.2, 0.25) is 0 Å². The van der Waals surface area contributed by atoms with Crippen LogP contribution in [0.1, 0.15) is 32.8 Å². The molecule has 0 N–H and O–H groups in total. The SMILES string of the molecule is COC[C@H]1O[C@H](OC)[C@@H]2O[C@]3(C[C@@H](O[Si](C)(C)C(C)(C)C)[C@H](OCc4ccc(OC)cc4)CO3)O[C@H]2[C@@H]1OC. The van der Waals surface area contributed by atoms with Crippen molar-refractivity contribution in [3.8, 4) is 5.75 Å². The molecule has 0 bridgehead atoms. The highest BCUT2D eigenvalue weighted by atomic mass is 28.4. The van der Waals surface area contributed by atoms with Crippen molar-refractivity contribution in [3.05, 3.63) is 29.8 Å². The van der Waals surface area contributed by atoms with Gasteiger partial charge in [0.1, 0.15) is 36.3 Å². The van der Waals surface area contributed by atoms with Crippen LogP contribution in [0.3, 0.4) is 0 Å². The Morgan fingerprint density at radius 3 is 2.23 bits per heavy atom. The second-order valence-corrected chi connectivity index (χ2v) is 16.7. The minimum atomic E-state index is -2.18. The molecule has 0 saturated carbocycles. The zero-order valence-corrected chi connectivity index (χ0v) is 25.8. The van der Waals surface area contributed by atoms with Crippen LogP contribution in [0.2, 0.25) is 18.1 Å². The molecule has 39 heavy (non-hydrogen) atoms. The fourth-order valence-corrected chi connectivity index (χ4v) is 6.37. The molecule has 1 aromatic rings. The first-order valence-electron chi connectivity index (χ1n) is 13.6. The van der Waals surface area contributed by atoms with Crippen molar-refractivity contribution in [1.29, 1.82) is 0 Å². The lowest BCUT2D eigenvalue weighted by Gasteiger charge is -2.46. The number of benzene rings is 1. The lowest BCUT2D eigenvalue weighted by Crippen LogP contribution is -2.58. The first-order valence-corrected chi connectivity index (χ1v) is 16.5. The molecular formula is C28H46O10Si. The molecule has 1 spiro atoms. The maximum Gasteiger partial charge on any atom is 0.286 e. The van der Waals surface area contributed by atoms with E-state index in [1.807, 2.05) is 24.3 Å². The average molecular weight is 571 g/mol. The normalized spacial score (nSPS) is 35.3. The Kier molecular flexibility index (Phi) is 9.80. The molecule has 3 aliphatic heterocycles. The molecule has 11 heteroatoms. The number of hydrogen-bond acceptors (Lipinski definition) is 10. The van der Waals surface area contributed by atoms with E-state index in [-0.39, 0.29) is 30.0 Å².